The number of phenolic OH excluding ortho intramolecular Hbond substituents is 1. The lowest BCUT2D eigenvalue weighted by molar-refractivity contribution is 0.401. The van der Waals surface area contributed by atoms with E-state index >= 15 is 0 Å². The molecule has 0 unspecified atom stereocenters. The molecule has 1 N–H and O–H groups in total. The van der Waals surface area contributed by atoms with Crippen molar-refractivity contribution in [3.05, 3.63) is 58.9 Å². The first-order valence-electron chi connectivity index (χ1n) is 7.75. The zero-order valence-corrected chi connectivity index (χ0v) is 14.5. The van der Waals surface area contributed by atoms with Crippen molar-refractivity contribution in [2.45, 2.75) is 20.3 Å². The molecule has 24 heavy (non-hydrogen) atoms. The van der Waals surface area contributed by atoms with E-state index in [-0.39, 0.29) is 5.75 Å². The molecule has 0 aliphatic rings. The topological polar surface area (TPSA) is 51.6 Å². The van der Waals surface area contributed by atoms with Crippen LogP contribution in [0, 0.1) is 0 Å². The van der Waals surface area contributed by atoms with Crippen LogP contribution in [-0.2, 0) is 6.42 Å². The maximum absolute atomic E-state index is 10.3. The second-order valence-electron chi connectivity index (χ2n) is 5.66. The molecule has 126 valence electrons. The number of aromatic hydroxyl groups is 1. The summed E-state index contributed by atoms with van der Waals surface area (Å²) in [5.41, 5.74) is 3.61. The fourth-order valence-corrected chi connectivity index (χ4v) is 2.27. The van der Waals surface area contributed by atoms with Gasteiger partial charge in [-0.1, -0.05) is 17.7 Å². The van der Waals surface area contributed by atoms with Crippen LogP contribution in [-0.4, -0.2) is 24.3 Å². The minimum atomic E-state index is 0.227. The van der Waals surface area contributed by atoms with Gasteiger partial charge in [-0.2, -0.15) is 0 Å². The molecule has 0 radical (unpaired) electrons. The Labute approximate surface area is 143 Å². The average Bonchev–Trinajstić information content (AvgIpc) is 2.58. The monoisotopic (exact) mass is 325 g/mol. The van der Waals surface area contributed by atoms with E-state index in [0.29, 0.717) is 12.2 Å². The van der Waals surface area contributed by atoms with Crippen molar-refractivity contribution in [2.24, 2.45) is 0 Å². The summed E-state index contributed by atoms with van der Waals surface area (Å²) in [7, 11) is 3.23. The highest BCUT2D eigenvalue weighted by Gasteiger charge is 2.09. The van der Waals surface area contributed by atoms with Crippen molar-refractivity contribution >= 4 is 12.2 Å². The first-order valence-corrected chi connectivity index (χ1v) is 7.75. The Morgan fingerprint density at radius 3 is 2.58 bits per heavy atom. The van der Waals surface area contributed by atoms with Gasteiger partial charge in [0.05, 0.1) is 19.9 Å². The van der Waals surface area contributed by atoms with Crippen LogP contribution >= 0.6 is 0 Å². The first-order chi connectivity index (χ1) is 11.5. The van der Waals surface area contributed by atoms with Crippen molar-refractivity contribution in [2.75, 3.05) is 14.2 Å². The number of allylic oxidation sites excluding steroid dienone is 2. The second-order valence-corrected chi connectivity index (χ2v) is 5.66. The van der Waals surface area contributed by atoms with E-state index in [2.05, 4.69) is 11.1 Å². The molecule has 0 amide bonds. The third-order valence-electron chi connectivity index (χ3n) is 3.58. The van der Waals surface area contributed by atoms with Gasteiger partial charge in [-0.15, -0.1) is 0 Å². The van der Waals surface area contributed by atoms with E-state index in [4.69, 9.17) is 9.47 Å². The normalized spacial score (nSPS) is 10.7. The maximum Gasteiger partial charge on any atom is 0.126 e. The quantitative estimate of drug-likeness (QED) is 0.795. The van der Waals surface area contributed by atoms with Crippen LogP contribution < -0.4 is 9.47 Å². The van der Waals surface area contributed by atoms with Crippen LogP contribution in [0.25, 0.3) is 12.2 Å². The minimum absolute atomic E-state index is 0.227. The molecule has 0 saturated carbocycles. The summed E-state index contributed by atoms with van der Waals surface area (Å²) < 4.78 is 10.6. The Balaban J connectivity index is 2.29. The predicted octanol–water partition coefficient (Wildman–Crippen LogP) is 4.48. The lowest BCUT2D eigenvalue weighted by Crippen LogP contribution is -1.93. The van der Waals surface area contributed by atoms with Gasteiger partial charge in [-0.3, -0.25) is 4.98 Å². The van der Waals surface area contributed by atoms with E-state index < -0.39 is 0 Å². The van der Waals surface area contributed by atoms with Crippen LogP contribution in [0.2, 0.25) is 0 Å². The number of pyridine rings is 1. The van der Waals surface area contributed by atoms with Gasteiger partial charge in [-0.25, -0.2) is 0 Å². The number of phenols is 1. The smallest absolute Gasteiger partial charge is 0.126 e. The molecule has 0 aliphatic carbocycles. The zero-order valence-electron chi connectivity index (χ0n) is 14.5. The molecule has 0 saturated heterocycles. The van der Waals surface area contributed by atoms with Gasteiger partial charge in [0.15, 0.2) is 0 Å². The summed E-state index contributed by atoms with van der Waals surface area (Å²) in [5.74, 6) is 1.65. The van der Waals surface area contributed by atoms with Gasteiger partial charge in [-0.05, 0) is 50.1 Å². The fraction of sp³-hybridized carbons (Fsp3) is 0.250. The largest absolute Gasteiger partial charge is 0.507 e. The number of rotatable bonds is 6. The van der Waals surface area contributed by atoms with Gasteiger partial charge in [0, 0.05) is 17.8 Å². The van der Waals surface area contributed by atoms with Crippen molar-refractivity contribution in [1.82, 2.24) is 4.98 Å². The third-order valence-corrected chi connectivity index (χ3v) is 3.58. The average molecular weight is 325 g/mol. The first kappa shape index (κ1) is 17.6. The van der Waals surface area contributed by atoms with E-state index in [1.807, 2.05) is 38.1 Å². The van der Waals surface area contributed by atoms with E-state index in [1.165, 1.54) is 5.57 Å². The maximum atomic E-state index is 10.3. The highest BCUT2D eigenvalue weighted by Crippen LogP contribution is 2.31. The summed E-state index contributed by atoms with van der Waals surface area (Å²) in [5, 5.41) is 10.3. The molecule has 0 aliphatic heterocycles. The van der Waals surface area contributed by atoms with Gasteiger partial charge < -0.3 is 14.6 Å². The molecular weight excluding hydrogens is 302 g/mol. The molecule has 2 aromatic rings. The van der Waals surface area contributed by atoms with Crippen molar-refractivity contribution in [3.63, 3.8) is 0 Å². The molecule has 1 aromatic carbocycles. The lowest BCUT2D eigenvalue weighted by atomic mass is 10.0. The molecule has 4 nitrogen and oxygen atoms in total. The molecule has 0 atom stereocenters. The standard InChI is InChI=1S/C20H23NO3/c1-14(2)5-8-18-19(22)11-15(12-20(18)24-4)6-7-16-13-17(23-3)9-10-21-16/h5-7,9-13,22H,8H2,1-4H3. The molecule has 0 spiro atoms. The molecule has 4 heteroatoms. The summed E-state index contributed by atoms with van der Waals surface area (Å²) >= 11 is 0. The summed E-state index contributed by atoms with van der Waals surface area (Å²) in [4.78, 5) is 4.27. The molecular formula is C20H23NO3. The minimum Gasteiger partial charge on any atom is -0.507 e. The highest BCUT2D eigenvalue weighted by molar-refractivity contribution is 5.71. The number of benzene rings is 1. The molecule has 0 bridgehead atoms. The Kier molecular flexibility index (Phi) is 6.01. The number of aromatic nitrogens is 1. The summed E-state index contributed by atoms with van der Waals surface area (Å²) in [6.45, 7) is 4.06. The second kappa shape index (κ2) is 8.20. The van der Waals surface area contributed by atoms with Crippen LogP contribution in [0.3, 0.4) is 0 Å². The molecule has 1 heterocycles. The predicted molar refractivity (Wildman–Crippen MR) is 97.5 cm³/mol. The van der Waals surface area contributed by atoms with E-state index in [0.717, 1.165) is 22.6 Å². The number of nitrogens with zero attached hydrogens (tertiary/aromatic N) is 1. The van der Waals surface area contributed by atoms with Crippen LogP contribution in [0.1, 0.15) is 30.7 Å². The number of methoxy groups -OCH3 is 2. The number of hydrogen-bond acceptors (Lipinski definition) is 4. The zero-order chi connectivity index (χ0) is 17.5. The van der Waals surface area contributed by atoms with Crippen LogP contribution in [0.15, 0.2) is 42.1 Å². The Hall–Kier alpha value is -2.75. The van der Waals surface area contributed by atoms with Gasteiger partial charge in [0.2, 0.25) is 0 Å². The molecule has 2 rings (SSSR count). The third kappa shape index (κ3) is 4.62. The fourth-order valence-electron chi connectivity index (χ4n) is 2.27. The van der Waals surface area contributed by atoms with Crippen molar-refractivity contribution in [1.29, 1.82) is 0 Å². The summed E-state index contributed by atoms with van der Waals surface area (Å²) in [6.07, 6.45) is 8.15. The van der Waals surface area contributed by atoms with Gasteiger partial charge >= 0.3 is 0 Å². The van der Waals surface area contributed by atoms with E-state index in [9.17, 15) is 5.11 Å². The van der Waals surface area contributed by atoms with Gasteiger partial charge in [0.25, 0.3) is 0 Å². The molecule has 1 aromatic heterocycles. The SMILES string of the molecule is COc1ccnc(C=Cc2cc(O)c(CC=C(C)C)c(OC)c2)c1. The summed E-state index contributed by atoms with van der Waals surface area (Å²) in [6, 6.07) is 7.28. The Bertz CT molecular complexity index is 759. The van der Waals surface area contributed by atoms with E-state index in [1.54, 1.807) is 32.5 Å². The highest BCUT2D eigenvalue weighted by atomic mass is 16.5. The Morgan fingerprint density at radius 1 is 1.12 bits per heavy atom. The number of hydrogen-bond donors (Lipinski definition) is 1. The molecule has 0 fully saturated rings. The number of ether oxygens (including phenoxy) is 2. The van der Waals surface area contributed by atoms with Gasteiger partial charge in [0.1, 0.15) is 17.2 Å². The van der Waals surface area contributed by atoms with Crippen LogP contribution in [0.5, 0.6) is 17.2 Å². The Morgan fingerprint density at radius 2 is 1.92 bits per heavy atom. The van der Waals surface area contributed by atoms with Crippen molar-refractivity contribution in [3.8, 4) is 17.2 Å². The van der Waals surface area contributed by atoms with Crippen molar-refractivity contribution < 1.29 is 14.6 Å². The van der Waals surface area contributed by atoms with Crippen LogP contribution in [0.4, 0.5) is 0 Å². The lowest BCUT2D eigenvalue weighted by Gasteiger charge is -2.10.